The van der Waals surface area contributed by atoms with E-state index in [1.54, 1.807) is 6.92 Å². The summed E-state index contributed by atoms with van der Waals surface area (Å²) in [7, 11) is 0. The number of hydrogen-bond acceptors (Lipinski definition) is 0. The molecule has 68 valence electrons. The van der Waals surface area contributed by atoms with Crippen molar-refractivity contribution in [2.45, 2.75) is 38.3 Å². The van der Waals surface area contributed by atoms with Gasteiger partial charge < -0.3 is 0 Å². The van der Waals surface area contributed by atoms with Gasteiger partial charge in [0.2, 0.25) is 0 Å². The highest BCUT2D eigenvalue weighted by Gasteiger charge is 2.29. The predicted octanol–water partition coefficient (Wildman–Crippen LogP) is 3.12. The fraction of sp³-hybridized carbons (Fsp3) is 1.00. The molecule has 0 rings (SSSR count). The van der Waals surface area contributed by atoms with E-state index in [-0.39, 0.29) is 12.8 Å². The summed E-state index contributed by atoms with van der Waals surface area (Å²) < 4.78 is 48.0. The molecular weight excluding hydrogens is 160 g/mol. The van der Waals surface area contributed by atoms with Gasteiger partial charge in [0.25, 0.3) is 5.92 Å². The molecule has 0 saturated heterocycles. The molecule has 0 spiro atoms. The van der Waals surface area contributed by atoms with Gasteiger partial charge in [-0.1, -0.05) is 6.92 Å². The molecule has 0 aliphatic rings. The summed E-state index contributed by atoms with van der Waals surface area (Å²) in [4.78, 5) is 0. The highest BCUT2D eigenvalue weighted by atomic mass is 19.3. The maximum Gasteiger partial charge on any atom is 0.276 e. The zero-order valence-electron chi connectivity index (χ0n) is 6.42. The minimum Gasteiger partial charge on any atom is -0.248 e. The highest BCUT2D eigenvalue weighted by Crippen LogP contribution is 2.23. The summed E-state index contributed by atoms with van der Waals surface area (Å²) in [5.41, 5.74) is 0. The first-order valence-electron chi connectivity index (χ1n) is 3.59. The SMILES string of the molecule is CC[C@H](F)CCC(F)(F)CF. The van der Waals surface area contributed by atoms with Crippen LogP contribution in [-0.4, -0.2) is 18.8 Å². The second-order valence-corrected chi connectivity index (χ2v) is 2.53. The summed E-state index contributed by atoms with van der Waals surface area (Å²) in [5.74, 6) is -3.33. The van der Waals surface area contributed by atoms with Gasteiger partial charge in [-0.25, -0.2) is 17.6 Å². The van der Waals surface area contributed by atoms with Crippen molar-refractivity contribution in [3.63, 3.8) is 0 Å². The van der Waals surface area contributed by atoms with Gasteiger partial charge in [0.05, 0.1) is 0 Å². The summed E-state index contributed by atoms with van der Waals surface area (Å²) in [6.45, 7) is -0.123. The largest absolute Gasteiger partial charge is 0.276 e. The third-order valence-corrected chi connectivity index (χ3v) is 1.46. The standard InChI is InChI=1S/C7H12F4/c1-2-6(9)3-4-7(10,11)5-8/h6H,2-5H2,1H3/t6-/m0/s1. The molecule has 0 aliphatic heterocycles. The van der Waals surface area contributed by atoms with Crippen molar-refractivity contribution in [2.75, 3.05) is 6.67 Å². The highest BCUT2D eigenvalue weighted by molar-refractivity contribution is 4.67. The Morgan fingerprint density at radius 3 is 2.27 bits per heavy atom. The molecule has 0 saturated carbocycles. The second kappa shape index (κ2) is 4.57. The molecule has 1 atom stereocenters. The van der Waals surface area contributed by atoms with Crippen LogP contribution in [0, 0.1) is 0 Å². The zero-order chi connectivity index (χ0) is 8.91. The minimum absolute atomic E-state index is 0.211. The summed E-state index contributed by atoms with van der Waals surface area (Å²) in [5, 5.41) is 0. The normalized spacial score (nSPS) is 15.0. The molecule has 11 heavy (non-hydrogen) atoms. The lowest BCUT2D eigenvalue weighted by molar-refractivity contribution is -0.0362. The monoisotopic (exact) mass is 172 g/mol. The molecule has 4 heteroatoms. The molecule has 0 bridgehead atoms. The lowest BCUT2D eigenvalue weighted by Crippen LogP contribution is -2.20. The molecule has 0 nitrogen and oxygen atoms in total. The van der Waals surface area contributed by atoms with Crippen LogP contribution in [0.4, 0.5) is 17.6 Å². The number of hydrogen-bond donors (Lipinski definition) is 0. The lowest BCUT2D eigenvalue weighted by atomic mass is 10.1. The lowest BCUT2D eigenvalue weighted by Gasteiger charge is -2.12. The summed E-state index contributed by atoms with van der Waals surface area (Å²) >= 11 is 0. The Bertz CT molecular complexity index is 103. The molecule has 0 N–H and O–H groups in total. The van der Waals surface area contributed by atoms with Crippen molar-refractivity contribution in [1.82, 2.24) is 0 Å². The first-order chi connectivity index (χ1) is 5.02. The van der Waals surface area contributed by atoms with Crippen molar-refractivity contribution < 1.29 is 17.6 Å². The Kier molecular flexibility index (Phi) is 4.45. The van der Waals surface area contributed by atoms with E-state index in [0.29, 0.717) is 0 Å². The van der Waals surface area contributed by atoms with Crippen LogP contribution in [-0.2, 0) is 0 Å². The molecular formula is C7H12F4. The Balaban J connectivity index is 3.52. The van der Waals surface area contributed by atoms with E-state index < -0.39 is 25.2 Å². The van der Waals surface area contributed by atoms with Crippen LogP contribution in [0.25, 0.3) is 0 Å². The maximum atomic E-state index is 12.3. The number of rotatable bonds is 5. The molecule has 0 unspecified atom stereocenters. The van der Waals surface area contributed by atoms with Crippen molar-refractivity contribution in [3.05, 3.63) is 0 Å². The third kappa shape index (κ3) is 5.04. The first kappa shape index (κ1) is 10.7. The van der Waals surface area contributed by atoms with Crippen molar-refractivity contribution >= 4 is 0 Å². The third-order valence-electron chi connectivity index (χ3n) is 1.46. The molecule has 0 aromatic rings. The second-order valence-electron chi connectivity index (χ2n) is 2.53. The molecule has 0 amide bonds. The molecule has 0 fully saturated rings. The predicted molar refractivity (Wildman–Crippen MR) is 35.3 cm³/mol. The number of halogens is 4. The van der Waals surface area contributed by atoms with E-state index in [1.165, 1.54) is 0 Å². The van der Waals surface area contributed by atoms with Crippen LogP contribution in [0.1, 0.15) is 26.2 Å². The Hall–Kier alpha value is -0.280. The van der Waals surface area contributed by atoms with Gasteiger partial charge in [0.1, 0.15) is 6.17 Å². The van der Waals surface area contributed by atoms with Gasteiger partial charge in [0.15, 0.2) is 6.67 Å². The van der Waals surface area contributed by atoms with Gasteiger partial charge in [-0.2, -0.15) is 0 Å². The molecule has 0 aromatic heterocycles. The molecule has 0 heterocycles. The molecule has 0 radical (unpaired) electrons. The quantitative estimate of drug-likeness (QED) is 0.559. The van der Waals surface area contributed by atoms with E-state index in [0.717, 1.165) is 0 Å². The Morgan fingerprint density at radius 1 is 1.36 bits per heavy atom. The van der Waals surface area contributed by atoms with E-state index in [9.17, 15) is 17.6 Å². The van der Waals surface area contributed by atoms with Crippen LogP contribution in [0.5, 0.6) is 0 Å². The van der Waals surface area contributed by atoms with Gasteiger partial charge >= 0.3 is 0 Å². The van der Waals surface area contributed by atoms with Gasteiger partial charge in [0, 0.05) is 6.42 Å². The smallest absolute Gasteiger partial charge is 0.248 e. The van der Waals surface area contributed by atoms with Crippen LogP contribution in [0.15, 0.2) is 0 Å². The van der Waals surface area contributed by atoms with Crippen LogP contribution < -0.4 is 0 Å². The van der Waals surface area contributed by atoms with Crippen molar-refractivity contribution in [3.8, 4) is 0 Å². The Morgan fingerprint density at radius 2 is 1.91 bits per heavy atom. The minimum atomic E-state index is -3.33. The van der Waals surface area contributed by atoms with Crippen LogP contribution in [0.3, 0.4) is 0 Å². The average molecular weight is 172 g/mol. The van der Waals surface area contributed by atoms with Gasteiger partial charge in [-0.05, 0) is 12.8 Å². The van der Waals surface area contributed by atoms with E-state index in [4.69, 9.17) is 0 Å². The summed E-state index contributed by atoms with van der Waals surface area (Å²) in [6.07, 6.45) is -1.97. The first-order valence-corrected chi connectivity index (χ1v) is 3.59. The zero-order valence-corrected chi connectivity index (χ0v) is 6.42. The average Bonchev–Trinajstić information content (AvgIpc) is 2.00. The van der Waals surface area contributed by atoms with Crippen LogP contribution in [0.2, 0.25) is 0 Å². The summed E-state index contributed by atoms with van der Waals surface area (Å²) in [6, 6.07) is 0. The Labute approximate surface area is 63.6 Å². The van der Waals surface area contributed by atoms with Gasteiger partial charge in [-0.15, -0.1) is 0 Å². The van der Waals surface area contributed by atoms with Crippen molar-refractivity contribution in [2.24, 2.45) is 0 Å². The fourth-order valence-electron chi connectivity index (χ4n) is 0.639. The van der Waals surface area contributed by atoms with E-state index in [2.05, 4.69) is 0 Å². The van der Waals surface area contributed by atoms with E-state index >= 15 is 0 Å². The topological polar surface area (TPSA) is 0 Å². The number of alkyl halides is 4. The molecule has 0 aromatic carbocycles. The van der Waals surface area contributed by atoms with Crippen molar-refractivity contribution in [1.29, 1.82) is 0 Å². The van der Waals surface area contributed by atoms with Crippen LogP contribution >= 0.6 is 0 Å². The maximum absolute atomic E-state index is 12.3. The van der Waals surface area contributed by atoms with E-state index in [1.807, 2.05) is 0 Å². The molecule has 0 aliphatic carbocycles. The fourth-order valence-corrected chi connectivity index (χ4v) is 0.639. The van der Waals surface area contributed by atoms with Gasteiger partial charge in [-0.3, -0.25) is 0 Å².